The Bertz CT molecular complexity index is 1010. The van der Waals surface area contributed by atoms with Gasteiger partial charge in [-0.2, -0.15) is 0 Å². The number of hydrogen-bond acceptors (Lipinski definition) is 5. The van der Waals surface area contributed by atoms with Crippen LogP contribution in [0.5, 0.6) is 5.88 Å². The predicted molar refractivity (Wildman–Crippen MR) is 89.6 cm³/mol. The second-order valence-corrected chi connectivity index (χ2v) is 6.25. The Balaban J connectivity index is 1.60. The van der Waals surface area contributed by atoms with E-state index in [1.807, 2.05) is 36.4 Å². The molecule has 1 fully saturated rings. The van der Waals surface area contributed by atoms with Gasteiger partial charge in [0.05, 0.1) is 6.20 Å². The minimum absolute atomic E-state index is 0.500. The average molecular weight is 320 g/mol. The number of hydrogen-bond donors (Lipinski definition) is 1. The summed E-state index contributed by atoms with van der Waals surface area (Å²) in [5.74, 6) is 1.22. The first-order chi connectivity index (χ1) is 11.7. The van der Waals surface area contributed by atoms with Gasteiger partial charge in [0, 0.05) is 24.3 Å². The Morgan fingerprint density at radius 2 is 2.04 bits per heavy atom. The number of rotatable bonds is 3. The summed E-state index contributed by atoms with van der Waals surface area (Å²) in [6.45, 7) is 0. The molecule has 6 nitrogen and oxygen atoms in total. The van der Waals surface area contributed by atoms with E-state index in [9.17, 15) is 0 Å². The fraction of sp³-hybridized carbons (Fsp3) is 0.222. The van der Waals surface area contributed by atoms with E-state index in [0.717, 1.165) is 47.3 Å². The van der Waals surface area contributed by atoms with Gasteiger partial charge in [-0.05, 0) is 24.6 Å². The van der Waals surface area contributed by atoms with Gasteiger partial charge in [0.1, 0.15) is 11.3 Å². The van der Waals surface area contributed by atoms with E-state index < -0.39 is 5.72 Å². The Kier molecular flexibility index (Phi) is 2.72. The van der Waals surface area contributed by atoms with Crippen molar-refractivity contribution in [3.05, 3.63) is 48.7 Å². The highest BCUT2D eigenvalue weighted by atomic mass is 16.5. The van der Waals surface area contributed by atoms with Crippen molar-refractivity contribution in [1.82, 2.24) is 14.6 Å². The summed E-state index contributed by atoms with van der Waals surface area (Å²) < 4.78 is 13.5. The van der Waals surface area contributed by atoms with E-state index in [-0.39, 0.29) is 0 Å². The van der Waals surface area contributed by atoms with E-state index in [1.54, 1.807) is 16.8 Å². The number of para-hydroxylation sites is 1. The zero-order chi connectivity index (χ0) is 16.1. The molecule has 1 aliphatic carbocycles. The van der Waals surface area contributed by atoms with Crippen LogP contribution in [-0.2, 0) is 0 Å². The third kappa shape index (κ3) is 2.07. The lowest BCUT2D eigenvalue weighted by Gasteiger charge is -2.37. The fourth-order valence-corrected chi connectivity index (χ4v) is 3.02. The Morgan fingerprint density at radius 1 is 1.17 bits per heavy atom. The highest BCUT2D eigenvalue weighted by molar-refractivity contribution is 5.82. The lowest BCUT2D eigenvalue weighted by molar-refractivity contribution is -0.00576. The fourth-order valence-electron chi connectivity index (χ4n) is 3.02. The smallest absolute Gasteiger partial charge is 0.233 e. The highest BCUT2D eigenvalue weighted by Crippen LogP contribution is 2.32. The van der Waals surface area contributed by atoms with Crippen LogP contribution in [0.2, 0.25) is 0 Å². The van der Waals surface area contributed by atoms with Crippen molar-refractivity contribution in [2.24, 2.45) is 5.73 Å². The summed E-state index contributed by atoms with van der Waals surface area (Å²) >= 11 is 0. The minimum Gasteiger partial charge on any atom is -0.455 e. The topological polar surface area (TPSA) is 78.6 Å². The van der Waals surface area contributed by atoms with Gasteiger partial charge >= 0.3 is 0 Å². The molecule has 6 heteroatoms. The first-order valence-corrected chi connectivity index (χ1v) is 8.02. The summed E-state index contributed by atoms with van der Waals surface area (Å²) in [4.78, 5) is 4.39. The van der Waals surface area contributed by atoms with E-state index >= 15 is 0 Å². The zero-order valence-corrected chi connectivity index (χ0v) is 13.0. The summed E-state index contributed by atoms with van der Waals surface area (Å²) in [5.41, 5.74) is 7.92. The van der Waals surface area contributed by atoms with Crippen LogP contribution in [0.25, 0.3) is 28.1 Å². The highest BCUT2D eigenvalue weighted by Gasteiger charge is 2.35. The molecule has 0 radical (unpaired) electrons. The maximum atomic E-state index is 6.15. The van der Waals surface area contributed by atoms with Crippen molar-refractivity contribution in [2.45, 2.75) is 25.0 Å². The summed E-state index contributed by atoms with van der Waals surface area (Å²) in [6.07, 6.45) is 4.56. The molecule has 120 valence electrons. The van der Waals surface area contributed by atoms with Crippen LogP contribution in [0.1, 0.15) is 19.3 Å². The molecular weight excluding hydrogens is 304 g/mol. The molecule has 1 aromatic carbocycles. The summed E-state index contributed by atoms with van der Waals surface area (Å²) in [7, 11) is 0. The van der Waals surface area contributed by atoms with Gasteiger partial charge in [-0.1, -0.05) is 18.2 Å². The van der Waals surface area contributed by atoms with Crippen LogP contribution in [0.15, 0.2) is 53.1 Å². The van der Waals surface area contributed by atoms with Crippen LogP contribution in [0.3, 0.4) is 0 Å². The van der Waals surface area contributed by atoms with Crippen LogP contribution in [0, 0.1) is 0 Å². The molecule has 0 bridgehead atoms. The number of nitrogens with zero attached hydrogens (tertiary/aromatic N) is 3. The number of nitrogens with two attached hydrogens (primary N) is 1. The molecule has 2 N–H and O–H groups in total. The van der Waals surface area contributed by atoms with Crippen LogP contribution >= 0.6 is 0 Å². The molecule has 24 heavy (non-hydrogen) atoms. The first kappa shape index (κ1) is 13.6. The number of aromatic nitrogens is 3. The monoisotopic (exact) mass is 320 g/mol. The normalized spacial score (nSPS) is 16.4. The number of furan rings is 1. The van der Waals surface area contributed by atoms with Gasteiger partial charge in [-0.3, -0.25) is 5.73 Å². The molecule has 1 saturated carbocycles. The van der Waals surface area contributed by atoms with Crippen molar-refractivity contribution >= 4 is 16.6 Å². The van der Waals surface area contributed by atoms with Crippen LogP contribution in [-0.4, -0.2) is 20.3 Å². The van der Waals surface area contributed by atoms with E-state index in [2.05, 4.69) is 10.1 Å². The van der Waals surface area contributed by atoms with Crippen molar-refractivity contribution < 1.29 is 9.15 Å². The van der Waals surface area contributed by atoms with Crippen molar-refractivity contribution in [3.8, 4) is 17.3 Å². The largest absolute Gasteiger partial charge is 0.455 e. The molecule has 0 aliphatic heterocycles. The molecule has 3 heterocycles. The van der Waals surface area contributed by atoms with Crippen LogP contribution in [0.4, 0.5) is 0 Å². The average Bonchev–Trinajstić information content (AvgIpc) is 3.16. The molecule has 0 atom stereocenters. The summed E-state index contributed by atoms with van der Waals surface area (Å²) in [6, 6.07) is 13.6. The predicted octanol–water partition coefficient (Wildman–Crippen LogP) is 3.36. The second-order valence-electron chi connectivity index (χ2n) is 6.25. The molecular formula is C18H16N4O2. The van der Waals surface area contributed by atoms with Gasteiger partial charge in [-0.25, -0.2) is 9.50 Å². The Morgan fingerprint density at radius 3 is 2.83 bits per heavy atom. The molecule has 0 amide bonds. The first-order valence-electron chi connectivity index (χ1n) is 8.02. The number of fused-ring (bicyclic) bond motifs is 2. The minimum atomic E-state index is -0.583. The SMILES string of the molecule is NC1(Oc2ccc3ncc(-c4cc5ccccc5o4)n3n2)CCC1. The van der Waals surface area contributed by atoms with Crippen LogP contribution < -0.4 is 10.5 Å². The molecule has 3 aromatic heterocycles. The maximum absolute atomic E-state index is 6.15. The molecule has 0 spiro atoms. The molecule has 1 aliphatic rings. The third-order valence-corrected chi connectivity index (χ3v) is 4.52. The Hall–Kier alpha value is -2.86. The standard InChI is InChI=1S/C18H16N4O2/c19-18(8-3-9-18)24-17-7-6-16-20-11-13(22(16)21-17)15-10-12-4-1-2-5-14(12)23-15/h1-2,4-7,10-11H,3,8-9,19H2. The van der Waals surface area contributed by atoms with Gasteiger partial charge < -0.3 is 9.15 Å². The number of ether oxygens (including phenoxy) is 1. The van der Waals surface area contributed by atoms with E-state index in [0.29, 0.717) is 5.88 Å². The van der Waals surface area contributed by atoms with Gasteiger partial charge in [0.25, 0.3) is 0 Å². The molecule has 5 rings (SSSR count). The zero-order valence-electron chi connectivity index (χ0n) is 13.0. The summed E-state index contributed by atoms with van der Waals surface area (Å²) in [5, 5.41) is 5.59. The lowest BCUT2D eigenvalue weighted by atomic mass is 9.89. The van der Waals surface area contributed by atoms with Gasteiger partial charge in [-0.15, -0.1) is 5.10 Å². The quantitative estimate of drug-likeness (QED) is 0.586. The maximum Gasteiger partial charge on any atom is 0.233 e. The van der Waals surface area contributed by atoms with E-state index in [4.69, 9.17) is 14.9 Å². The van der Waals surface area contributed by atoms with Gasteiger partial charge in [0.15, 0.2) is 17.1 Å². The molecule has 4 aromatic rings. The third-order valence-electron chi connectivity index (χ3n) is 4.52. The molecule has 0 saturated heterocycles. The Labute approximate surface area is 137 Å². The second kappa shape index (κ2) is 4.82. The van der Waals surface area contributed by atoms with Gasteiger partial charge in [0.2, 0.25) is 5.88 Å². The number of benzene rings is 1. The van der Waals surface area contributed by atoms with Crippen molar-refractivity contribution in [3.63, 3.8) is 0 Å². The lowest BCUT2D eigenvalue weighted by Crippen LogP contribution is -2.51. The van der Waals surface area contributed by atoms with E-state index in [1.165, 1.54) is 0 Å². The van der Waals surface area contributed by atoms with Crippen molar-refractivity contribution in [2.75, 3.05) is 0 Å². The number of imidazole rings is 1. The van der Waals surface area contributed by atoms with Crippen molar-refractivity contribution in [1.29, 1.82) is 0 Å². The molecule has 0 unspecified atom stereocenters.